The highest BCUT2D eigenvalue weighted by Crippen LogP contribution is 2.26. The second-order valence-corrected chi connectivity index (χ2v) is 5.19. The number of aliphatic hydroxyl groups is 2. The molecule has 8 nitrogen and oxygen atoms in total. The zero-order valence-corrected chi connectivity index (χ0v) is 12.9. The van der Waals surface area contributed by atoms with Crippen molar-refractivity contribution in [2.24, 2.45) is 0 Å². The molecule has 0 aliphatic heterocycles. The average molecular weight is 332 g/mol. The maximum absolute atomic E-state index is 11.6. The summed E-state index contributed by atoms with van der Waals surface area (Å²) in [5.41, 5.74) is 12.7. The van der Waals surface area contributed by atoms with Crippen molar-refractivity contribution in [3.05, 3.63) is 53.9 Å². The number of nitrogens with zero attached hydrogens (tertiary/aromatic N) is 1. The molecule has 128 valence electrons. The van der Waals surface area contributed by atoms with Crippen molar-refractivity contribution in [2.75, 3.05) is 18.0 Å². The lowest BCUT2D eigenvalue weighted by Crippen LogP contribution is -2.36. The van der Waals surface area contributed by atoms with E-state index in [9.17, 15) is 15.0 Å². The predicted molar refractivity (Wildman–Crippen MR) is 88.7 cm³/mol. The minimum atomic E-state index is -1.34. The first-order valence-electron chi connectivity index (χ1n) is 7.28. The molecule has 24 heavy (non-hydrogen) atoms. The lowest BCUT2D eigenvalue weighted by molar-refractivity contribution is 0.0187. The number of benzene rings is 1. The van der Waals surface area contributed by atoms with Crippen LogP contribution in [0.1, 0.15) is 17.2 Å². The molecule has 0 saturated heterocycles. The molecule has 0 spiro atoms. The Kier molecular flexibility index (Phi) is 5.94. The first-order valence-corrected chi connectivity index (χ1v) is 7.28. The number of aliphatic hydroxyl groups excluding tert-OH is 2. The van der Waals surface area contributed by atoms with Gasteiger partial charge in [0.1, 0.15) is 18.8 Å². The molecule has 2 rings (SSSR count). The number of amides is 1. The molecule has 0 fully saturated rings. The Balaban J connectivity index is 1.82. The number of pyridine rings is 1. The lowest BCUT2D eigenvalue weighted by Gasteiger charge is -2.20. The maximum atomic E-state index is 11.6. The zero-order valence-electron chi connectivity index (χ0n) is 12.9. The van der Waals surface area contributed by atoms with Gasteiger partial charge in [0, 0.05) is 18.3 Å². The van der Waals surface area contributed by atoms with Crippen molar-refractivity contribution in [1.82, 2.24) is 10.3 Å². The maximum Gasteiger partial charge on any atom is 0.407 e. The van der Waals surface area contributed by atoms with E-state index in [0.29, 0.717) is 0 Å². The van der Waals surface area contributed by atoms with E-state index in [4.69, 9.17) is 16.2 Å². The highest BCUT2D eigenvalue weighted by molar-refractivity contribution is 5.67. The fourth-order valence-electron chi connectivity index (χ4n) is 2.02. The number of hydrogen-bond acceptors (Lipinski definition) is 7. The third-order valence-corrected chi connectivity index (χ3v) is 3.40. The summed E-state index contributed by atoms with van der Waals surface area (Å²) in [6, 6.07) is 9.17. The van der Waals surface area contributed by atoms with E-state index in [2.05, 4.69) is 10.3 Å². The Hall–Kier alpha value is -2.84. The van der Waals surface area contributed by atoms with Gasteiger partial charge < -0.3 is 31.7 Å². The van der Waals surface area contributed by atoms with Crippen LogP contribution in [0, 0.1) is 0 Å². The van der Waals surface area contributed by atoms with Gasteiger partial charge in [0.2, 0.25) is 0 Å². The molecular weight excluding hydrogens is 312 g/mol. The fraction of sp³-hybridized carbons (Fsp3) is 0.250. The topological polar surface area (TPSA) is 144 Å². The summed E-state index contributed by atoms with van der Waals surface area (Å²) >= 11 is 0. The van der Waals surface area contributed by atoms with Crippen LogP contribution in [-0.2, 0) is 11.3 Å². The largest absolute Gasteiger partial charge is 0.445 e. The van der Waals surface area contributed by atoms with E-state index in [1.54, 1.807) is 0 Å². The van der Waals surface area contributed by atoms with Crippen LogP contribution in [0.4, 0.5) is 16.2 Å². The monoisotopic (exact) mass is 332 g/mol. The molecule has 0 aliphatic carbocycles. The van der Waals surface area contributed by atoms with Crippen molar-refractivity contribution in [3.63, 3.8) is 0 Å². The normalized spacial score (nSPS) is 13.1. The number of hydrogen-bond donors (Lipinski definition) is 5. The third kappa shape index (κ3) is 4.58. The summed E-state index contributed by atoms with van der Waals surface area (Å²) in [6.07, 6.45) is -0.677. The van der Waals surface area contributed by atoms with Crippen LogP contribution in [0.2, 0.25) is 0 Å². The van der Waals surface area contributed by atoms with Crippen LogP contribution in [0.3, 0.4) is 0 Å². The van der Waals surface area contributed by atoms with Crippen molar-refractivity contribution in [3.8, 4) is 0 Å². The van der Waals surface area contributed by atoms with E-state index >= 15 is 0 Å². The summed E-state index contributed by atoms with van der Waals surface area (Å²) in [7, 11) is 0. The van der Waals surface area contributed by atoms with Gasteiger partial charge in [-0.2, -0.15) is 0 Å². The molecule has 0 bridgehead atoms. The van der Waals surface area contributed by atoms with Crippen LogP contribution < -0.4 is 16.8 Å². The van der Waals surface area contributed by atoms with Gasteiger partial charge in [0.15, 0.2) is 0 Å². The number of ether oxygens (including phenoxy) is 1. The Morgan fingerprint density at radius 1 is 1.21 bits per heavy atom. The molecule has 0 radical (unpaired) electrons. The van der Waals surface area contributed by atoms with Gasteiger partial charge in [0.25, 0.3) is 0 Å². The summed E-state index contributed by atoms with van der Waals surface area (Å²) in [5.74, 6) is 0. The molecule has 0 saturated carbocycles. The standard InChI is InChI=1S/C16H20N4O4/c17-12-7-19-6-11(14(12)18)15(22)13(21)8-20-16(23)24-9-10-4-2-1-3-5-10/h1-7,13,15,21-22H,8-9,17H2,(H2,18,19)(H,20,23). The van der Waals surface area contributed by atoms with Crippen molar-refractivity contribution in [1.29, 1.82) is 0 Å². The highest BCUT2D eigenvalue weighted by atomic mass is 16.5. The summed E-state index contributed by atoms with van der Waals surface area (Å²) in [6.45, 7) is -0.111. The minimum absolute atomic E-state index is 0.109. The van der Waals surface area contributed by atoms with E-state index < -0.39 is 18.3 Å². The van der Waals surface area contributed by atoms with Crippen LogP contribution in [0.25, 0.3) is 0 Å². The molecule has 2 atom stereocenters. The number of alkyl carbamates (subject to hydrolysis) is 1. The number of nitrogen functional groups attached to an aromatic ring is 2. The van der Waals surface area contributed by atoms with E-state index in [-0.39, 0.29) is 30.1 Å². The second-order valence-electron chi connectivity index (χ2n) is 5.19. The van der Waals surface area contributed by atoms with E-state index in [0.717, 1.165) is 5.56 Å². The number of nitrogens with one attached hydrogen (secondary N) is 1. The van der Waals surface area contributed by atoms with Gasteiger partial charge in [0.05, 0.1) is 17.6 Å². The Morgan fingerprint density at radius 2 is 1.92 bits per heavy atom. The highest BCUT2D eigenvalue weighted by Gasteiger charge is 2.22. The molecule has 1 aromatic heterocycles. The van der Waals surface area contributed by atoms with Crippen molar-refractivity contribution in [2.45, 2.75) is 18.8 Å². The molecule has 2 aromatic rings. The molecule has 1 heterocycles. The van der Waals surface area contributed by atoms with Crippen LogP contribution in [-0.4, -0.2) is 33.9 Å². The smallest absolute Gasteiger partial charge is 0.407 e. The number of carbonyl (C=O) groups excluding carboxylic acids is 1. The van der Waals surface area contributed by atoms with Crippen LogP contribution in [0.15, 0.2) is 42.7 Å². The number of carbonyl (C=O) groups is 1. The van der Waals surface area contributed by atoms with Gasteiger partial charge in [-0.3, -0.25) is 4.98 Å². The Morgan fingerprint density at radius 3 is 2.62 bits per heavy atom. The first-order chi connectivity index (χ1) is 11.5. The fourth-order valence-corrected chi connectivity index (χ4v) is 2.02. The lowest BCUT2D eigenvalue weighted by atomic mass is 10.0. The number of anilines is 2. The molecule has 1 amide bonds. The molecule has 2 unspecified atom stereocenters. The molecular formula is C16H20N4O4. The number of aromatic nitrogens is 1. The van der Waals surface area contributed by atoms with Crippen LogP contribution >= 0.6 is 0 Å². The quantitative estimate of drug-likeness (QED) is 0.520. The summed E-state index contributed by atoms with van der Waals surface area (Å²) in [5, 5.41) is 22.4. The minimum Gasteiger partial charge on any atom is -0.445 e. The summed E-state index contributed by atoms with van der Waals surface area (Å²) in [4.78, 5) is 15.4. The Bertz CT molecular complexity index is 681. The summed E-state index contributed by atoms with van der Waals surface area (Å²) < 4.78 is 5.01. The zero-order chi connectivity index (χ0) is 17.5. The molecule has 1 aromatic carbocycles. The van der Waals surface area contributed by atoms with Gasteiger partial charge in [-0.25, -0.2) is 4.79 Å². The van der Waals surface area contributed by atoms with Crippen molar-refractivity contribution < 1.29 is 19.7 Å². The van der Waals surface area contributed by atoms with Crippen molar-refractivity contribution >= 4 is 17.5 Å². The van der Waals surface area contributed by atoms with E-state index in [1.807, 2.05) is 30.3 Å². The van der Waals surface area contributed by atoms with Gasteiger partial charge in [-0.1, -0.05) is 30.3 Å². The van der Waals surface area contributed by atoms with Crippen LogP contribution in [0.5, 0.6) is 0 Å². The SMILES string of the molecule is Nc1cncc(C(O)C(O)CNC(=O)OCc2ccccc2)c1N. The number of nitrogens with two attached hydrogens (primary N) is 2. The molecule has 7 N–H and O–H groups in total. The third-order valence-electron chi connectivity index (χ3n) is 3.40. The van der Waals surface area contributed by atoms with Gasteiger partial charge in [-0.05, 0) is 5.56 Å². The van der Waals surface area contributed by atoms with Gasteiger partial charge >= 0.3 is 6.09 Å². The Labute approximate surface area is 139 Å². The molecule has 0 aliphatic rings. The second kappa shape index (κ2) is 8.14. The average Bonchev–Trinajstić information content (AvgIpc) is 2.60. The predicted octanol–water partition coefficient (Wildman–Crippen LogP) is 0.567. The first kappa shape index (κ1) is 17.5. The number of rotatable bonds is 6. The van der Waals surface area contributed by atoms with Gasteiger partial charge in [-0.15, -0.1) is 0 Å². The van der Waals surface area contributed by atoms with E-state index in [1.165, 1.54) is 12.4 Å². The molecule has 8 heteroatoms.